The number of rotatable bonds is 5. The molecule has 0 saturated carbocycles. The lowest BCUT2D eigenvalue weighted by molar-refractivity contribution is 0.278. The van der Waals surface area contributed by atoms with Gasteiger partial charge in [0.1, 0.15) is 0 Å². The van der Waals surface area contributed by atoms with Crippen molar-refractivity contribution >= 4 is 15.7 Å². The molecule has 2 N–H and O–H groups in total. The smallest absolute Gasteiger partial charge is 0.262 e. The molecule has 102 valence electrons. The molecule has 0 amide bonds. The number of hydrogen-bond acceptors (Lipinski definition) is 4. The van der Waals surface area contributed by atoms with Crippen LogP contribution in [0.2, 0.25) is 0 Å². The van der Waals surface area contributed by atoms with E-state index in [-0.39, 0.29) is 11.5 Å². The minimum atomic E-state index is -3.71. The summed E-state index contributed by atoms with van der Waals surface area (Å²) in [6.07, 6.45) is 3.06. The van der Waals surface area contributed by atoms with Crippen molar-refractivity contribution in [1.29, 1.82) is 0 Å². The van der Waals surface area contributed by atoms with Crippen LogP contribution >= 0.6 is 0 Å². The Morgan fingerprint density at radius 1 is 1.37 bits per heavy atom. The number of aliphatic hydroxyl groups is 1. The summed E-state index contributed by atoms with van der Waals surface area (Å²) in [5.74, 6) is 0. The SMILES string of the molecule is CCn1cc(NS(=O)(=O)c2ccccc2CO)cn1. The zero-order valence-corrected chi connectivity index (χ0v) is 11.3. The molecule has 1 heterocycles. The molecule has 0 saturated heterocycles. The lowest BCUT2D eigenvalue weighted by atomic mass is 10.2. The summed E-state index contributed by atoms with van der Waals surface area (Å²) in [6.45, 7) is 2.24. The van der Waals surface area contributed by atoms with E-state index in [9.17, 15) is 13.5 Å². The molecule has 2 rings (SSSR count). The normalized spacial score (nSPS) is 11.5. The zero-order chi connectivity index (χ0) is 13.9. The highest BCUT2D eigenvalue weighted by Crippen LogP contribution is 2.19. The van der Waals surface area contributed by atoms with Gasteiger partial charge in [-0.15, -0.1) is 0 Å². The molecule has 0 bridgehead atoms. The first kappa shape index (κ1) is 13.6. The van der Waals surface area contributed by atoms with Crippen LogP contribution in [-0.4, -0.2) is 23.3 Å². The highest BCUT2D eigenvalue weighted by atomic mass is 32.2. The second-order valence-corrected chi connectivity index (χ2v) is 5.61. The molecule has 7 heteroatoms. The van der Waals surface area contributed by atoms with Crippen LogP contribution in [0, 0.1) is 0 Å². The third-order valence-corrected chi connectivity index (χ3v) is 4.12. The maximum Gasteiger partial charge on any atom is 0.262 e. The topological polar surface area (TPSA) is 84.2 Å². The van der Waals surface area contributed by atoms with E-state index in [4.69, 9.17) is 0 Å². The first-order valence-corrected chi connectivity index (χ1v) is 7.29. The van der Waals surface area contributed by atoms with Crippen LogP contribution < -0.4 is 4.72 Å². The Morgan fingerprint density at radius 2 is 2.11 bits per heavy atom. The number of hydrogen-bond donors (Lipinski definition) is 2. The third kappa shape index (κ3) is 2.94. The molecule has 0 atom stereocenters. The number of aryl methyl sites for hydroxylation is 1. The molecular formula is C12H15N3O3S. The van der Waals surface area contributed by atoms with Gasteiger partial charge in [0.2, 0.25) is 0 Å². The summed E-state index contributed by atoms with van der Waals surface area (Å²) >= 11 is 0. The monoisotopic (exact) mass is 281 g/mol. The molecular weight excluding hydrogens is 266 g/mol. The number of anilines is 1. The molecule has 19 heavy (non-hydrogen) atoms. The number of nitrogens with zero attached hydrogens (tertiary/aromatic N) is 2. The van der Waals surface area contributed by atoms with Crippen LogP contribution in [0.5, 0.6) is 0 Å². The van der Waals surface area contributed by atoms with Crippen molar-refractivity contribution in [2.75, 3.05) is 4.72 Å². The van der Waals surface area contributed by atoms with E-state index in [1.54, 1.807) is 29.1 Å². The second kappa shape index (κ2) is 5.41. The molecule has 0 radical (unpaired) electrons. The number of benzene rings is 1. The Bertz CT molecular complexity index is 664. The minimum absolute atomic E-state index is 0.0711. The van der Waals surface area contributed by atoms with Crippen molar-refractivity contribution in [3.05, 3.63) is 42.2 Å². The largest absolute Gasteiger partial charge is 0.392 e. The summed E-state index contributed by atoms with van der Waals surface area (Å²) in [6, 6.07) is 6.32. The van der Waals surface area contributed by atoms with Gasteiger partial charge in [-0.2, -0.15) is 5.10 Å². The fourth-order valence-electron chi connectivity index (χ4n) is 1.70. The quantitative estimate of drug-likeness (QED) is 0.862. The fourth-order valence-corrected chi connectivity index (χ4v) is 2.96. The highest BCUT2D eigenvalue weighted by Gasteiger charge is 2.18. The fraction of sp³-hybridized carbons (Fsp3) is 0.250. The van der Waals surface area contributed by atoms with Crippen LogP contribution in [0.4, 0.5) is 5.69 Å². The Labute approximate surface area is 111 Å². The first-order valence-electron chi connectivity index (χ1n) is 5.81. The highest BCUT2D eigenvalue weighted by molar-refractivity contribution is 7.92. The predicted octanol–water partition coefficient (Wildman–Crippen LogP) is 1.20. The molecule has 1 aromatic carbocycles. The van der Waals surface area contributed by atoms with Gasteiger partial charge in [-0.25, -0.2) is 8.42 Å². The molecule has 2 aromatic rings. The third-order valence-electron chi connectivity index (χ3n) is 2.64. The number of nitrogens with one attached hydrogen (secondary N) is 1. The van der Waals surface area contributed by atoms with Gasteiger partial charge < -0.3 is 5.11 Å². The van der Waals surface area contributed by atoms with Crippen molar-refractivity contribution in [3.8, 4) is 0 Å². The van der Waals surface area contributed by atoms with E-state index in [0.717, 1.165) is 0 Å². The van der Waals surface area contributed by atoms with Gasteiger partial charge in [-0.05, 0) is 18.6 Å². The van der Waals surface area contributed by atoms with Crippen molar-refractivity contribution in [3.63, 3.8) is 0 Å². The number of aromatic nitrogens is 2. The van der Waals surface area contributed by atoms with E-state index < -0.39 is 10.0 Å². The average Bonchev–Trinajstić information content (AvgIpc) is 2.85. The lowest BCUT2D eigenvalue weighted by Gasteiger charge is -2.09. The summed E-state index contributed by atoms with van der Waals surface area (Å²) in [7, 11) is -3.71. The summed E-state index contributed by atoms with van der Waals surface area (Å²) < 4.78 is 28.5. The van der Waals surface area contributed by atoms with Crippen LogP contribution in [-0.2, 0) is 23.2 Å². The molecule has 0 fully saturated rings. The first-order chi connectivity index (χ1) is 9.06. The van der Waals surface area contributed by atoms with Gasteiger partial charge in [0, 0.05) is 12.7 Å². The van der Waals surface area contributed by atoms with Crippen molar-refractivity contribution < 1.29 is 13.5 Å². The van der Waals surface area contributed by atoms with Crippen molar-refractivity contribution in [1.82, 2.24) is 9.78 Å². The Hall–Kier alpha value is -1.86. The molecule has 0 spiro atoms. The lowest BCUT2D eigenvalue weighted by Crippen LogP contribution is -2.14. The van der Waals surface area contributed by atoms with Crippen LogP contribution in [0.3, 0.4) is 0 Å². The van der Waals surface area contributed by atoms with Gasteiger partial charge in [0.25, 0.3) is 10.0 Å². The standard InChI is InChI=1S/C12H15N3O3S/c1-2-15-8-11(7-13-15)14-19(17,18)12-6-4-3-5-10(12)9-16/h3-8,14,16H,2,9H2,1H3. The summed E-state index contributed by atoms with van der Waals surface area (Å²) in [5.41, 5.74) is 0.757. The van der Waals surface area contributed by atoms with Gasteiger partial charge >= 0.3 is 0 Å². The Morgan fingerprint density at radius 3 is 2.74 bits per heavy atom. The van der Waals surface area contributed by atoms with E-state index in [2.05, 4.69) is 9.82 Å². The maximum atomic E-state index is 12.2. The van der Waals surface area contributed by atoms with Crippen molar-refractivity contribution in [2.24, 2.45) is 0 Å². The molecule has 0 aliphatic rings. The number of aliphatic hydroxyl groups excluding tert-OH is 1. The van der Waals surface area contributed by atoms with Gasteiger partial charge in [0.05, 0.1) is 23.4 Å². The van der Waals surface area contributed by atoms with E-state index in [0.29, 0.717) is 17.8 Å². The Balaban J connectivity index is 2.32. The van der Waals surface area contributed by atoms with E-state index in [1.807, 2.05) is 6.92 Å². The van der Waals surface area contributed by atoms with Crippen molar-refractivity contribution in [2.45, 2.75) is 25.0 Å². The minimum Gasteiger partial charge on any atom is -0.392 e. The number of sulfonamides is 1. The molecule has 0 aliphatic heterocycles. The van der Waals surface area contributed by atoms with Gasteiger partial charge in [-0.1, -0.05) is 18.2 Å². The second-order valence-electron chi connectivity index (χ2n) is 3.96. The maximum absolute atomic E-state index is 12.2. The molecule has 0 aliphatic carbocycles. The zero-order valence-electron chi connectivity index (χ0n) is 10.4. The van der Waals surface area contributed by atoms with E-state index in [1.165, 1.54) is 12.3 Å². The summed E-state index contributed by atoms with van der Waals surface area (Å²) in [5, 5.41) is 13.2. The molecule has 1 aromatic heterocycles. The van der Waals surface area contributed by atoms with Crippen LogP contribution in [0.15, 0.2) is 41.6 Å². The molecule has 6 nitrogen and oxygen atoms in total. The summed E-state index contributed by atoms with van der Waals surface area (Å²) in [4.78, 5) is 0.0711. The van der Waals surface area contributed by atoms with E-state index >= 15 is 0 Å². The van der Waals surface area contributed by atoms with Gasteiger partial charge in [-0.3, -0.25) is 9.40 Å². The Kier molecular flexibility index (Phi) is 3.87. The van der Waals surface area contributed by atoms with Gasteiger partial charge in [0.15, 0.2) is 0 Å². The average molecular weight is 281 g/mol. The van der Waals surface area contributed by atoms with Crippen LogP contribution in [0.25, 0.3) is 0 Å². The molecule has 0 unspecified atom stereocenters. The predicted molar refractivity (Wildman–Crippen MR) is 71.1 cm³/mol. The van der Waals surface area contributed by atoms with Crippen LogP contribution in [0.1, 0.15) is 12.5 Å².